The number of piperidine rings is 1. The normalized spacial score (nSPS) is 18.5. The first kappa shape index (κ1) is 14.5. The van der Waals surface area contributed by atoms with Crippen LogP contribution in [-0.2, 0) is 0 Å². The first-order chi connectivity index (χ1) is 10.7. The van der Waals surface area contributed by atoms with E-state index in [2.05, 4.69) is 44.6 Å². The van der Waals surface area contributed by atoms with E-state index in [9.17, 15) is 0 Å². The molecule has 0 amide bonds. The van der Waals surface area contributed by atoms with Crippen molar-refractivity contribution in [2.45, 2.75) is 38.6 Å². The molecule has 1 aliphatic rings. The van der Waals surface area contributed by atoms with Gasteiger partial charge in [-0.05, 0) is 38.8 Å². The highest BCUT2D eigenvalue weighted by Crippen LogP contribution is 2.29. The summed E-state index contributed by atoms with van der Waals surface area (Å²) >= 11 is 0. The molecule has 1 aliphatic heterocycles. The average molecular weight is 296 g/mol. The summed E-state index contributed by atoms with van der Waals surface area (Å²) < 4.78 is 2.15. The molecule has 0 aliphatic carbocycles. The standard InChI is InChI=1S/C16H20N6/c1-12(2)22-11-18-20-16(22)13-5-4-8-21(10-13)15-7-3-6-14(9-17)19-15/h3,6-7,11-13H,4-5,8,10H2,1-2H3/t13-/m1/s1. The van der Waals surface area contributed by atoms with Gasteiger partial charge in [0.2, 0.25) is 0 Å². The van der Waals surface area contributed by atoms with Crippen molar-refractivity contribution in [2.24, 2.45) is 0 Å². The first-order valence-corrected chi connectivity index (χ1v) is 7.70. The van der Waals surface area contributed by atoms with Crippen LogP contribution in [0.25, 0.3) is 0 Å². The second-order valence-corrected chi connectivity index (χ2v) is 5.97. The topological polar surface area (TPSA) is 70.6 Å². The fourth-order valence-electron chi connectivity index (χ4n) is 3.00. The van der Waals surface area contributed by atoms with Gasteiger partial charge in [-0.1, -0.05) is 6.07 Å². The summed E-state index contributed by atoms with van der Waals surface area (Å²) in [7, 11) is 0. The highest BCUT2D eigenvalue weighted by molar-refractivity contribution is 5.42. The van der Waals surface area contributed by atoms with E-state index in [0.717, 1.165) is 37.6 Å². The number of hydrogen-bond acceptors (Lipinski definition) is 5. The third-order valence-electron chi connectivity index (χ3n) is 4.12. The zero-order valence-electron chi connectivity index (χ0n) is 13.0. The minimum Gasteiger partial charge on any atom is -0.356 e. The number of anilines is 1. The van der Waals surface area contributed by atoms with Crippen LogP contribution in [0.2, 0.25) is 0 Å². The Hall–Kier alpha value is -2.42. The minimum absolute atomic E-state index is 0.353. The molecule has 0 aromatic carbocycles. The molecule has 3 heterocycles. The summed E-state index contributed by atoms with van der Waals surface area (Å²) in [6.07, 6.45) is 4.02. The molecule has 1 saturated heterocycles. The number of hydrogen-bond donors (Lipinski definition) is 0. The van der Waals surface area contributed by atoms with Gasteiger partial charge in [0.05, 0.1) is 0 Å². The molecule has 3 rings (SSSR count). The van der Waals surface area contributed by atoms with E-state index in [1.165, 1.54) is 0 Å². The molecule has 0 N–H and O–H groups in total. The van der Waals surface area contributed by atoms with Crippen LogP contribution in [0.1, 0.15) is 50.2 Å². The Labute approximate surface area is 130 Å². The van der Waals surface area contributed by atoms with Gasteiger partial charge in [-0.15, -0.1) is 10.2 Å². The molecule has 0 spiro atoms. The monoisotopic (exact) mass is 296 g/mol. The van der Waals surface area contributed by atoms with Crippen LogP contribution in [0.4, 0.5) is 5.82 Å². The summed E-state index contributed by atoms with van der Waals surface area (Å²) in [6, 6.07) is 8.06. The van der Waals surface area contributed by atoms with Gasteiger partial charge in [-0.3, -0.25) is 0 Å². The number of aromatic nitrogens is 4. The lowest BCUT2D eigenvalue weighted by Gasteiger charge is -2.33. The van der Waals surface area contributed by atoms with Gasteiger partial charge in [0.1, 0.15) is 29.7 Å². The summed E-state index contributed by atoms with van der Waals surface area (Å²) in [6.45, 7) is 6.12. The fraction of sp³-hybridized carbons (Fsp3) is 0.500. The van der Waals surface area contributed by atoms with Crippen LogP contribution in [-0.4, -0.2) is 32.8 Å². The Bertz CT molecular complexity index is 684. The number of rotatable bonds is 3. The largest absolute Gasteiger partial charge is 0.356 e. The van der Waals surface area contributed by atoms with Gasteiger partial charge in [0.25, 0.3) is 0 Å². The predicted molar refractivity (Wildman–Crippen MR) is 83.5 cm³/mol. The molecule has 2 aromatic rings. The molecule has 0 radical (unpaired) electrons. The molecule has 6 nitrogen and oxygen atoms in total. The Morgan fingerprint density at radius 3 is 3.00 bits per heavy atom. The molecule has 2 aromatic heterocycles. The maximum absolute atomic E-state index is 9.01. The summed E-state index contributed by atoms with van der Waals surface area (Å²) in [5.74, 6) is 2.28. The van der Waals surface area contributed by atoms with Crippen molar-refractivity contribution in [2.75, 3.05) is 18.0 Å². The smallest absolute Gasteiger partial charge is 0.142 e. The van der Waals surface area contributed by atoms with Crippen molar-refractivity contribution < 1.29 is 0 Å². The zero-order chi connectivity index (χ0) is 15.5. The van der Waals surface area contributed by atoms with E-state index in [0.29, 0.717) is 17.7 Å². The summed E-state index contributed by atoms with van der Waals surface area (Å²) in [5.41, 5.74) is 0.463. The van der Waals surface area contributed by atoms with Gasteiger partial charge in [-0.25, -0.2) is 4.98 Å². The van der Waals surface area contributed by atoms with Crippen molar-refractivity contribution in [1.29, 1.82) is 5.26 Å². The molecule has 114 valence electrons. The average Bonchev–Trinajstić information content (AvgIpc) is 3.05. The second-order valence-electron chi connectivity index (χ2n) is 5.97. The van der Waals surface area contributed by atoms with Crippen LogP contribution in [0, 0.1) is 11.3 Å². The Morgan fingerprint density at radius 1 is 1.36 bits per heavy atom. The van der Waals surface area contributed by atoms with Crippen molar-refractivity contribution in [3.8, 4) is 6.07 Å². The van der Waals surface area contributed by atoms with Crippen LogP contribution < -0.4 is 4.90 Å². The lowest BCUT2D eigenvalue weighted by atomic mass is 9.97. The third-order valence-corrected chi connectivity index (χ3v) is 4.12. The van der Waals surface area contributed by atoms with Crippen molar-refractivity contribution in [1.82, 2.24) is 19.7 Å². The Kier molecular flexibility index (Phi) is 4.05. The summed E-state index contributed by atoms with van der Waals surface area (Å²) in [4.78, 5) is 6.65. The highest BCUT2D eigenvalue weighted by Gasteiger charge is 2.26. The quantitative estimate of drug-likeness (QED) is 0.870. The van der Waals surface area contributed by atoms with Gasteiger partial charge in [0.15, 0.2) is 0 Å². The van der Waals surface area contributed by atoms with Crippen LogP contribution >= 0.6 is 0 Å². The number of pyridine rings is 1. The molecule has 0 saturated carbocycles. The van der Waals surface area contributed by atoms with E-state index in [1.54, 1.807) is 6.07 Å². The highest BCUT2D eigenvalue weighted by atomic mass is 15.3. The number of nitrogens with zero attached hydrogens (tertiary/aromatic N) is 6. The lowest BCUT2D eigenvalue weighted by Crippen LogP contribution is -2.36. The molecule has 1 atom stereocenters. The van der Waals surface area contributed by atoms with Gasteiger partial charge in [-0.2, -0.15) is 5.26 Å². The fourth-order valence-corrected chi connectivity index (χ4v) is 3.00. The minimum atomic E-state index is 0.353. The van der Waals surface area contributed by atoms with Gasteiger partial charge >= 0.3 is 0 Å². The van der Waals surface area contributed by atoms with Crippen LogP contribution in [0.15, 0.2) is 24.5 Å². The van der Waals surface area contributed by atoms with Crippen molar-refractivity contribution in [3.05, 3.63) is 36.0 Å². The van der Waals surface area contributed by atoms with Crippen molar-refractivity contribution in [3.63, 3.8) is 0 Å². The molecule has 6 heteroatoms. The second kappa shape index (κ2) is 6.14. The maximum atomic E-state index is 9.01. The molecule has 22 heavy (non-hydrogen) atoms. The predicted octanol–water partition coefficient (Wildman–Crippen LogP) is 2.51. The molecule has 1 fully saturated rings. The Balaban J connectivity index is 1.82. The summed E-state index contributed by atoms with van der Waals surface area (Å²) in [5, 5.41) is 17.4. The van der Waals surface area contributed by atoms with E-state index in [1.807, 2.05) is 18.5 Å². The van der Waals surface area contributed by atoms with E-state index in [-0.39, 0.29) is 0 Å². The molecular formula is C16H20N6. The van der Waals surface area contributed by atoms with Gasteiger partial charge in [0, 0.05) is 25.0 Å². The van der Waals surface area contributed by atoms with E-state index >= 15 is 0 Å². The van der Waals surface area contributed by atoms with E-state index in [4.69, 9.17) is 5.26 Å². The SMILES string of the molecule is CC(C)n1cnnc1[C@@H]1CCCN(c2cccc(C#N)n2)C1. The number of nitriles is 1. The Morgan fingerprint density at radius 2 is 2.23 bits per heavy atom. The van der Waals surface area contributed by atoms with E-state index < -0.39 is 0 Å². The maximum Gasteiger partial charge on any atom is 0.142 e. The molecule has 0 unspecified atom stereocenters. The third kappa shape index (κ3) is 2.80. The van der Waals surface area contributed by atoms with Crippen molar-refractivity contribution >= 4 is 5.82 Å². The zero-order valence-corrected chi connectivity index (χ0v) is 13.0. The first-order valence-electron chi connectivity index (χ1n) is 7.70. The molecular weight excluding hydrogens is 276 g/mol. The molecule has 0 bridgehead atoms. The van der Waals surface area contributed by atoms with Gasteiger partial charge < -0.3 is 9.47 Å². The lowest BCUT2D eigenvalue weighted by molar-refractivity contribution is 0.453. The van der Waals surface area contributed by atoms with Crippen LogP contribution in [0.5, 0.6) is 0 Å². The van der Waals surface area contributed by atoms with Crippen LogP contribution in [0.3, 0.4) is 0 Å².